The summed E-state index contributed by atoms with van der Waals surface area (Å²) in [6.07, 6.45) is 0. The number of aromatic nitrogens is 4. The van der Waals surface area contributed by atoms with Crippen molar-refractivity contribution in [3.05, 3.63) is 75.7 Å². The molecule has 8 nitrogen and oxygen atoms in total. The van der Waals surface area contributed by atoms with Crippen LogP contribution in [0.1, 0.15) is 17.1 Å². The zero-order valence-corrected chi connectivity index (χ0v) is 15.4. The van der Waals surface area contributed by atoms with E-state index < -0.39 is 4.92 Å². The van der Waals surface area contributed by atoms with E-state index in [2.05, 4.69) is 25.3 Å². The molecule has 8 heteroatoms. The molecule has 0 fully saturated rings. The summed E-state index contributed by atoms with van der Waals surface area (Å²) in [4.78, 5) is 27.3. The Balaban J connectivity index is 1.56. The van der Waals surface area contributed by atoms with Crippen molar-refractivity contribution in [2.45, 2.75) is 20.4 Å². The van der Waals surface area contributed by atoms with Crippen LogP contribution in [0, 0.1) is 24.0 Å². The minimum atomic E-state index is -0.428. The smallest absolute Gasteiger partial charge is 0.269 e. The normalized spacial score (nSPS) is 10.9. The number of nitro benzene ring substituents is 1. The maximum Gasteiger partial charge on any atom is 0.269 e. The number of hydrogen-bond acceptors (Lipinski definition) is 6. The predicted octanol–water partition coefficient (Wildman–Crippen LogP) is 4.16. The third-order valence-corrected chi connectivity index (χ3v) is 4.39. The Kier molecular flexibility index (Phi) is 4.44. The van der Waals surface area contributed by atoms with E-state index in [1.54, 1.807) is 12.1 Å². The highest BCUT2D eigenvalue weighted by atomic mass is 16.6. The van der Waals surface area contributed by atoms with Gasteiger partial charge in [0.15, 0.2) is 5.82 Å². The van der Waals surface area contributed by atoms with Gasteiger partial charge in [-0.1, -0.05) is 12.1 Å². The topological polar surface area (TPSA) is 110 Å². The van der Waals surface area contributed by atoms with Crippen LogP contribution in [-0.4, -0.2) is 24.9 Å². The van der Waals surface area contributed by atoms with Crippen LogP contribution in [0.25, 0.3) is 22.4 Å². The molecule has 0 aliphatic carbocycles. The van der Waals surface area contributed by atoms with E-state index in [-0.39, 0.29) is 5.69 Å². The summed E-state index contributed by atoms with van der Waals surface area (Å²) < 4.78 is 0. The number of anilines is 1. The molecular formula is C20H18N6O2. The minimum Gasteiger partial charge on any atom is -0.363 e. The third kappa shape index (κ3) is 3.52. The molecule has 0 saturated carbocycles. The lowest BCUT2D eigenvalue weighted by Gasteiger charge is -2.07. The van der Waals surface area contributed by atoms with E-state index in [1.165, 1.54) is 12.1 Å². The van der Waals surface area contributed by atoms with Gasteiger partial charge in [-0.2, -0.15) is 0 Å². The van der Waals surface area contributed by atoms with Crippen molar-refractivity contribution < 1.29 is 4.92 Å². The number of non-ortho nitro benzene ring substituents is 1. The second-order valence-corrected chi connectivity index (χ2v) is 6.53. The number of benzene rings is 2. The Morgan fingerprint density at radius 3 is 2.57 bits per heavy atom. The minimum absolute atomic E-state index is 0.0370. The van der Waals surface area contributed by atoms with Crippen molar-refractivity contribution in [3.8, 4) is 11.4 Å². The van der Waals surface area contributed by atoms with Gasteiger partial charge >= 0.3 is 0 Å². The summed E-state index contributed by atoms with van der Waals surface area (Å²) in [7, 11) is 0. The number of nitrogens with one attached hydrogen (secondary N) is 2. The number of fused-ring (bicyclic) bond motifs is 1. The number of hydrogen-bond donors (Lipinski definition) is 2. The SMILES string of the molecule is Cc1cc(NCc2nc3c(C)cccc3[nH]2)nc(-c2ccc([N+](=O)[O-])cc2)n1. The van der Waals surface area contributed by atoms with Crippen molar-refractivity contribution >= 4 is 22.5 Å². The van der Waals surface area contributed by atoms with Crippen molar-refractivity contribution in [3.63, 3.8) is 0 Å². The van der Waals surface area contributed by atoms with Gasteiger partial charge in [0.2, 0.25) is 0 Å². The Bertz CT molecular complexity index is 1170. The lowest BCUT2D eigenvalue weighted by atomic mass is 10.2. The number of H-pyrrole nitrogens is 1. The molecule has 4 aromatic rings. The van der Waals surface area contributed by atoms with Crippen molar-refractivity contribution in [1.82, 2.24) is 19.9 Å². The molecule has 140 valence electrons. The average Bonchev–Trinajstić information content (AvgIpc) is 3.11. The summed E-state index contributed by atoms with van der Waals surface area (Å²) in [5.74, 6) is 1.99. The molecule has 0 radical (unpaired) electrons. The first-order chi connectivity index (χ1) is 13.5. The van der Waals surface area contributed by atoms with Gasteiger partial charge < -0.3 is 10.3 Å². The Morgan fingerprint density at radius 2 is 1.86 bits per heavy atom. The first-order valence-corrected chi connectivity index (χ1v) is 8.78. The molecule has 0 aliphatic heterocycles. The fraction of sp³-hybridized carbons (Fsp3) is 0.150. The van der Waals surface area contributed by atoms with Crippen LogP contribution in [0.4, 0.5) is 11.5 Å². The number of imidazole rings is 1. The number of aromatic amines is 1. The Morgan fingerprint density at radius 1 is 1.07 bits per heavy atom. The van der Waals surface area contributed by atoms with Crippen molar-refractivity contribution in [2.75, 3.05) is 5.32 Å². The van der Waals surface area contributed by atoms with Gasteiger partial charge in [-0.15, -0.1) is 0 Å². The zero-order valence-electron chi connectivity index (χ0n) is 15.4. The van der Waals surface area contributed by atoms with Crippen LogP contribution in [0.5, 0.6) is 0 Å². The van der Waals surface area contributed by atoms with E-state index in [0.717, 1.165) is 33.7 Å². The largest absolute Gasteiger partial charge is 0.363 e. The Hall–Kier alpha value is -3.81. The Labute approximate surface area is 160 Å². The first kappa shape index (κ1) is 17.6. The fourth-order valence-electron chi connectivity index (χ4n) is 3.01. The lowest BCUT2D eigenvalue weighted by molar-refractivity contribution is -0.384. The van der Waals surface area contributed by atoms with Crippen LogP contribution in [-0.2, 0) is 6.54 Å². The van der Waals surface area contributed by atoms with Crippen LogP contribution >= 0.6 is 0 Å². The molecule has 0 saturated heterocycles. The average molecular weight is 374 g/mol. The molecule has 2 aromatic carbocycles. The van der Waals surface area contributed by atoms with Gasteiger partial charge in [0.05, 0.1) is 22.5 Å². The van der Waals surface area contributed by atoms with E-state index in [9.17, 15) is 10.1 Å². The van der Waals surface area contributed by atoms with Gasteiger partial charge in [-0.25, -0.2) is 15.0 Å². The number of aryl methyl sites for hydroxylation is 2. The second kappa shape index (κ2) is 7.07. The van der Waals surface area contributed by atoms with Gasteiger partial charge in [0.25, 0.3) is 5.69 Å². The summed E-state index contributed by atoms with van der Waals surface area (Å²) in [5.41, 5.74) is 4.64. The van der Waals surface area contributed by atoms with Crippen LogP contribution in [0.3, 0.4) is 0 Å². The van der Waals surface area contributed by atoms with Gasteiger partial charge in [-0.05, 0) is 37.6 Å². The fourth-order valence-corrected chi connectivity index (χ4v) is 3.01. The molecule has 0 amide bonds. The maximum atomic E-state index is 10.8. The molecule has 2 heterocycles. The van der Waals surface area contributed by atoms with Gasteiger partial charge in [0.1, 0.15) is 11.6 Å². The molecule has 0 atom stereocenters. The summed E-state index contributed by atoms with van der Waals surface area (Å²) in [6.45, 7) is 4.40. The number of rotatable bonds is 5. The molecule has 4 rings (SSSR count). The van der Waals surface area contributed by atoms with E-state index in [0.29, 0.717) is 18.2 Å². The van der Waals surface area contributed by atoms with Crippen molar-refractivity contribution in [2.24, 2.45) is 0 Å². The van der Waals surface area contributed by atoms with Crippen LogP contribution in [0.2, 0.25) is 0 Å². The zero-order chi connectivity index (χ0) is 19.7. The third-order valence-electron chi connectivity index (χ3n) is 4.39. The summed E-state index contributed by atoms with van der Waals surface area (Å²) >= 11 is 0. The quantitative estimate of drug-likeness (QED) is 0.401. The van der Waals surface area contributed by atoms with E-state index >= 15 is 0 Å². The monoisotopic (exact) mass is 374 g/mol. The van der Waals surface area contributed by atoms with Crippen molar-refractivity contribution in [1.29, 1.82) is 0 Å². The predicted molar refractivity (Wildman–Crippen MR) is 107 cm³/mol. The molecule has 0 aliphatic rings. The lowest BCUT2D eigenvalue weighted by Crippen LogP contribution is -2.05. The van der Waals surface area contributed by atoms with Crippen LogP contribution < -0.4 is 5.32 Å². The molecule has 0 bridgehead atoms. The molecular weight excluding hydrogens is 356 g/mol. The van der Waals surface area contributed by atoms with Gasteiger partial charge in [0, 0.05) is 29.5 Å². The highest BCUT2D eigenvalue weighted by Gasteiger charge is 2.10. The molecule has 2 aromatic heterocycles. The number of para-hydroxylation sites is 1. The summed E-state index contributed by atoms with van der Waals surface area (Å²) in [6, 6.07) is 14.1. The molecule has 2 N–H and O–H groups in total. The number of nitro groups is 1. The molecule has 28 heavy (non-hydrogen) atoms. The first-order valence-electron chi connectivity index (χ1n) is 8.78. The molecule has 0 spiro atoms. The number of nitrogens with zero attached hydrogens (tertiary/aromatic N) is 4. The van der Waals surface area contributed by atoms with E-state index in [4.69, 9.17) is 0 Å². The van der Waals surface area contributed by atoms with Crippen LogP contribution in [0.15, 0.2) is 48.5 Å². The highest BCUT2D eigenvalue weighted by Crippen LogP contribution is 2.22. The molecule has 0 unspecified atom stereocenters. The van der Waals surface area contributed by atoms with E-state index in [1.807, 2.05) is 38.1 Å². The second-order valence-electron chi connectivity index (χ2n) is 6.53. The highest BCUT2D eigenvalue weighted by molar-refractivity contribution is 5.78. The van der Waals surface area contributed by atoms with Gasteiger partial charge in [-0.3, -0.25) is 10.1 Å². The maximum absolute atomic E-state index is 10.8. The standard InChI is InChI=1S/C20H18N6O2/c1-12-4-3-5-16-19(12)24-18(23-16)11-21-17-10-13(2)22-20(25-17)14-6-8-15(9-7-14)26(27)28/h3-10H,11H2,1-2H3,(H,23,24)(H,21,22,25). The summed E-state index contributed by atoms with van der Waals surface area (Å²) in [5, 5.41) is 14.1.